The van der Waals surface area contributed by atoms with Crippen LogP contribution >= 0.6 is 0 Å². The van der Waals surface area contributed by atoms with Crippen molar-refractivity contribution in [3.63, 3.8) is 0 Å². The number of rotatable bonds is 6. The molecule has 0 amide bonds. The van der Waals surface area contributed by atoms with Crippen molar-refractivity contribution >= 4 is 5.97 Å². The van der Waals surface area contributed by atoms with Crippen molar-refractivity contribution in [2.24, 2.45) is 5.92 Å². The van der Waals surface area contributed by atoms with Gasteiger partial charge in [-0.05, 0) is 53.1 Å². The van der Waals surface area contributed by atoms with Crippen LogP contribution in [0, 0.1) is 5.92 Å². The summed E-state index contributed by atoms with van der Waals surface area (Å²) in [6, 6.07) is 0.981. The summed E-state index contributed by atoms with van der Waals surface area (Å²) in [6.45, 7) is 9.06. The Hall–Kier alpha value is -0.610. The maximum absolute atomic E-state index is 12.2. The number of carbonyl (C=O) groups excluding carboxylic acids is 1. The zero-order valence-corrected chi connectivity index (χ0v) is 13.3. The lowest BCUT2D eigenvalue weighted by molar-refractivity contribution is -0.151. The molecule has 1 saturated carbocycles. The standard InChI is InChI=1S/C15H30N2O2/c1-7-19-14(18)15(16-5)9-8-13(10-15)17(6)12(4)11(2)3/h11-13,16H,7-10H2,1-6H3. The SMILES string of the molecule is CCOC(=O)C1(NC)CCC(N(C)C(C)C(C)C)C1. The molecule has 112 valence electrons. The number of ether oxygens (including phenoxy) is 1. The monoisotopic (exact) mass is 270 g/mol. The van der Waals surface area contributed by atoms with Crippen molar-refractivity contribution in [1.29, 1.82) is 0 Å². The first-order valence-electron chi connectivity index (χ1n) is 7.46. The molecule has 0 aromatic carbocycles. The lowest BCUT2D eigenvalue weighted by atomic mass is 9.96. The van der Waals surface area contributed by atoms with E-state index in [9.17, 15) is 4.79 Å². The zero-order chi connectivity index (χ0) is 14.6. The van der Waals surface area contributed by atoms with Crippen molar-refractivity contribution in [2.45, 2.75) is 64.6 Å². The first kappa shape index (κ1) is 16.4. The molecule has 1 N–H and O–H groups in total. The fourth-order valence-corrected chi connectivity index (χ4v) is 2.95. The second-order valence-corrected chi connectivity index (χ2v) is 6.10. The van der Waals surface area contributed by atoms with Gasteiger partial charge in [-0.2, -0.15) is 0 Å². The van der Waals surface area contributed by atoms with Crippen molar-refractivity contribution < 1.29 is 9.53 Å². The Bertz CT molecular complexity index is 307. The molecule has 0 aromatic rings. The summed E-state index contributed by atoms with van der Waals surface area (Å²) in [5, 5.41) is 3.21. The first-order valence-corrected chi connectivity index (χ1v) is 7.46. The van der Waals surface area contributed by atoms with Gasteiger partial charge in [0.25, 0.3) is 0 Å². The molecule has 0 spiro atoms. The maximum Gasteiger partial charge on any atom is 0.326 e. The summed E-state index contributed by atoms with van der Waals surface area (Å²) in [4.78, 5) is 14.6. The van der Waals surface area contributed by atoms with Gasteiger partial charge in [0.05, 0.1) is 6.61 Å². The van der Waals surface area contributed by atoms with Crippen LogP contribution in [-0.2, 0) is 9.53 Å². The Labute approximate surface area is 117 Å². The van der Waals surface area contributed by atoms with Gasteiger partial charge in [0.2, 0.25) is 0 Å². The van der Waals surface area contributed by atoms with Crippen LogP contribution in [0.1, 0.15) is 47.0 Å². The van der Waals surface area contributed by atoms with Crippen LogP contribution < -0.4 is 5.32 Å². The van der Waals surface area contributed by atoms with Gasteiger partial charge in [-0.3, -0.25) is 4.79 Å². The van der Waals surface area contributed by atoms with Gasteiger partial charge < -0.3 is 15.0 Å². The van der Waals surface area contributed by atoms with E-state index >= 15 is 0 Å². The lowest BCUT2D eigenvalue weighted by Gasteiger charge is -2.34. The van der Waals surface area contributed by atoms with E-state index in [1.165, 1.54) is 0 Å². The highest BCUT2D eigenvalue weighted by Crippen LogP contribution is 2.34. The van der Waals surface area contributed by atoms with Gasteiger partial charge in [-0.1, -0.05) is 13.8 Å². The van der Waals surface area contributed by atoms with Crippen LogP contribution in [0.5, 0.6) is 0 Å². The van der Waals surface area contributed by atoms with Crippen LogP contribution in [0.4, 0.5) is 0 Å². The van der Waals surface area contributed by atoms with E-state index in [4.69, 9.17) is 4.74 Å². The Morgan fingerprint density at radius 2 is 2.11 bits per heavy atom. The Kier molecular flexibility index (Phi) is 5.81. The molecule has 0 saturated heterocycles. The normalized spacial score (nSPS) is 28.9. The van der Waals surface area contributed by atoms with Crippen molar-refractivity contribution in [1.82, 2.24) is 10.2 Å². The Morgan fingerprint density at radius 3 is 2.58 bits per heavy atom. The smallest absolute Gasteiger partial charge is 0.326 e. The van der Waals surface area contributed by atoms with Gasteiger partial charge in [-0.25, -0.2) is 0 Å². The number of esters is 1. The van der Waals surface area contributed by atoms with Gasteiger partial charge in [0, 0.05) is 12.1 Å². The molecule has 0 heterocycles. The van der Waals surface area contributed by atoms with Crippen LogP contribution in [0.3, 0.4) is 0 Å². The molecule has 1 aliphatic rings. The van der Waals surface area contributed by atoms with Crippen molar-refractivity contribution in [2.75, 3.05) is 20.7 Å². The van der Waals surface area contributed by atoms with E-state index < -0.39 is 5.54 Å². The van der Waals surface area contributed by atoms with Crippen LogP contribution in [0.15, 0.2) is 0 Å². The molecule has 0 radical (unpaired) electrons. The molecule has 3 unspecified atom stereocenters. The quantitative estimate of drug-likeness (QED) is 0.750. The third-order valence-electron chi connectivity index (χ3n) is 4.82. The molecule has 4 nitrogen and oxygen atoms in total. The highest BCUT2D eigenvalue weighted by Gasteiger charge is 2.46. The number of nitrogens with zero attached hydrogens (tertiary/aromatic N) is 1. The molecule has 19 heavy (non-hydrogen) atoms. The summed E-state index contributed by atoms with van der Waals surface area (Å²) in [5.41, 5.74) is -0.481. The summed E-state index contributed by atoms with van der Waals surface area (Å²) >= 11 is 0. The number of nitrogens with one attached hydrogen (secondary N) is 1. The fraction of sp³-hybridized carbons (Fsp3) is 0.933. The highest BCUT2D eigenvalue weighted by molar-refractivity contribution is 5.81. The third-order valence-corrected chi connectivity index (χ3v) is 4.82. The minimum absolute atomic E-state index is 0.0920. The lowest BCUT2D eigenvalue weighted by Crippen LogP contribution is -2.51. The van der Waals surface area contributed by atoms with E-state index in [0.717, 1.165) is 19.3 Å². The second-order valence-electron chi connectivity index (χ2n) is 6.10. The van der Waals surface area contributed by atoms with Gasteiger partial charge >= 0.3 is 5.97 Å². The molecule has 0 aliphatic heterocycles. The van der Waals surface area contributed by atoms with E-state index in [-0.39, 0.29) is 5.97 Å². The number of hydrogen-bond acceptors (Lipinski definition) is 4. The summed E-state index contributed by atoms with van der Waals surface area (Å²) < 4.78 is 5.24. The van der Waals surface area contributed by atoms with Gasteiger partial charge in [0.1, 0.15) is 5.54 Å². The first-order chi connectivity index (χ1) is 8.88. The minimum atomic E-state index is -0.481. The Balaban J connectivity index is 2.72. The van der Waals surface area contributed by atoms with Crippen LogP contribution in [-0.4, -0.2) is 49.2 Å². The number of carbonyl (C=O) groups is 1. The molecule has 0 bridgehead atoms. The van der Waals surface area contributed by atoms with E-state index in [1.807, 2.05) is 14.0 Å². The highest BCUT2D eigenvalue weighted by atomic mass is 16.5. The van der Waals surface area contributed by atoms with Crippen molar-refractivity contribution in [3.8, 4) is 0 Å². The van der Waals surface area contributed by atoms with E-state index in [1.54, 1.807) is 0 Å². The summed E-state index contributed by atoms with van der Waals surface area (Å²) in [6.07, 6.45) is 2.76. The second kappa shape index (κ2) is 6.71. The number of hydrogen-bond donors (Lipinski definition) is 1. The van der Waals surface area contributed by atoms with Crippen molar-refractivity contribution in [3.05, 3.63) is 0 Å². The predicted octanol–water partition coefficient (Wildman–Crippen LogP) is 2.04. The average Bonchev–Trinajstić information content (AvgIpc) is 2.82. The van der Waals surface area contributed by atoms with Crippen LogP contribution in [0.2, 0.25) is 0 Å². The summed E-state index contributed by atoms with van der Waals surface area (Å²) in [7, 11) is 4.04. The minimum Gasteiger partial charge on any atom is -0.465 e. The Morgan fingerprint density at radius 1 is 1.47 bits per heavy atom. The molecule has 1 rings (SSSR count). The number of likely N-dealkylation sites (N-methyl/N-ethyl adjacent to an activating group) is 1. The molecular formula is C15H30N2O2. The topological polar surface area (TPSA) is 41.6 Å². The van der Waals surface area contributed by atoms with E-state index in [0.29, 0.717) is 24.6 Å². The summed E-state index contributed by atoms with van der Waals surface area (Å²) in [5.74, 6) is 0.530. The zero-order valence-electron chi connectivity index (χ0n) is 13.3. The third kappa shape index (κ3) is 3.48. The predicted molar refractivity (Wildman–Crippen MR) is 78.1 cm³/mol. The molecular weight excluding hydrogens is 240 g/mol. The van der Waals surface area contributed by atoms with Gasteiger partial charge in [0.15, 0.2) is 0 Å². The molecule has 1 fully saturated rings. The molecule has 3 atom stereocenters. The molecule has 1 aliphatic carbocycles. The molecule has 0 aromatic heterocycles. The maximum atomic E-state index is 12.2. The van der Waals surface area contributed by atoms with Crippen LogP contribution in [0.25, 0.3) is 0 Å². The largest absolute Gasteiger partial charge is 0.465 e. The fourth-order valence-electron chi connectivity index (χ4n) is 2.95. The average molecular weight is 270 g/mol. The molecule has 4 heteroatoms. The van der Waals surface area contributed by atoms with E-state index in [2.05, 4.69) is 38.0 Å². The van der Waals surface area contributed by atoms with Gasteiger partial charge in [-0.15, -0.1) is 0 Å².